The lowest BCUT2D eigenvalue weighted by Gasteiger charge is -2.24. The Kier molecular flexibility index (Phi) is 7.56. The summed E-state index contributed by atoms with van der Waals surface area (Å²) in [6.45, 7) is 2.23. The normalized spacial score (nSPS) is 10.6. The van der Waals surface area contributed by atoms with Gasteiger partial charge in [0.1, 0.15) is 5.69 Å². The molecule has 0 atom stereocenters. The van der Waals surface area contributed by atoms with E-state index in [0.29, 0.717) is 28.8 Å². The number of esters is 1. The van der Waals surface area contributed by atoms with E-state index in [2.05, 4.69) is 0 Å². The highest BCUT2D eigenvalue weighted by molar-refractivity contribution is 6.39. The van der Waals surface area contributed by atoms with Crippen LogP contribution in [0.25, 0.3) is 0 Å². The average molecular weight is 382 g/mol. The summed E-state index contributed by atoms with van der Waals surface area (Å²) in [5.41, 5.74) is 2.55. The minimum atomic E-state index is -0.155. The minimum Gasteiger partial charge on any atom is -0.466 e. The second kappa shape index (κ2) is 9.66. The number of aryl methyl sites for hydroxylation is 1. The van der Waals surface area contributed by atoms with Gasteiger partial charge in [-0.15, -0.1) is 0 Å². The number of para-hydroxylation sites is 1. The van der Waals surface area contributed by atoms with Crippen molar-refractivity contribution >= 4 is 40.5 Å². The van der Waals surface area contributed by atoms with Crippen molar-refractivity contribution < 1.29 is 14.4 Å². The molecule has 0 spiro atoms. The number of nitrogens with zero attached hydrogens (tertiary/aromatic N) is 1. The van der Waals surface area contributed by atoms with Crippen molar-refractivity contribution in [2.24, 2.45) is 0 Å². The van der Waals surface area contributed by atoms with Gasteiger partial charge in [-0.25, -0.2) is 5.06 Å². The summed E-state index contributed by atoms with van der Waals surface area (Å²) in [5.74, 6) is -0.155. The molecule has 0 aliphatic heterocycles. The average Bonchev–Trinajstić information content (AvgIpc) is 2.59. The molecule has 0 aromatic heterocycles. The number of carbonyl (C=O) groups is 1. The van der Waals surface area contributed by atoms with Crippen molar-refractivity contribution in [1.29, 1.82) is 0 Å². The molecule has 0 heterocycles. The minimum absolute atomic E-state index is 0.155. The molecular weight excluding hydrogens is 361 g/mol. The fourth-order valence-electron chi connectivity index (χ4n) is 2.48. The molecule has 134 valence electrons. The lowest BCUT2D eigenvalue weighted by Crippen LogP contribution is -2.15. The van der Waals surface area contributed by atoms with Gasteiger partial charge >= 0.3 is 5.97 Å². The largest absolute Gasteiger partial charge is 0.466 e. The lowest BCUT2D eigenvalue weighted by atomic mass is 10.1. The van der Waals surface area contributed by atoms with E-state index in [0.717, 1.165) is 24.1 Å². The van der Waals surface area contributed by atoms with Crippen LogP contribution < -0.4 is 5.06 Å². The molecule has 25 heavy (non-hydrogen) atoms. The Labute approximate surface area is 158 Å². The third kappa shape index (κ3) is 5.36. The van der Waals surface area contributed by atoms with Crippen molar-refractivity contribution in [1.82, 2.24) is 0 Å². The molecule has 0 fully saturated rings. The molecule has 2 rings (SSSR count). The lowest BCUT2D eigenvalue weighted by molar-refractivity contribution is -0.143. The fraction of sp³-hybridized carbons (Fsp3) is 0.316. The number of hydrogen-bond donors (Lipinski definition) is 0. The zero-order valence-corrected chi connectivity index (χ0v) is 15.8. The predicted octanol–water partition coefficient (Wildman–Crippen LogP) is 5.58. The van der Waals surface area contributed by atoms with Crippen LogP contribution in [0.1, 0.15) is 25.3 Å². The first kappa shape index (κ1) is 19.6. The topological polar surface area (TPSA) is 38.8 Å². The SMILES string of the molecule is CCOC(=O)CCCc1ccc(N(OC)c2c(Cl)cccc2Cl)cc1. The van der Waals surface area contributed by atoms with Crippen LogP contribution in [0, 0.1) is 0 Å². The summed E-state index contributed by atoms with van der Waals surface area (Å²) in [5, 5.41) is 2.60. The maximum Gasteiger partial charge on any atom is 0.305 e. The van der Waals surface area contributed by atoms with Crippen LogP contribution in [0.15, 0.2) is 42.5 Å². The van der Waals surface area contributed by atoms with Gasteiger partial charge in [0, 0.05) is 6.42 Å². The van der Waals surface area contributed by atoms with Gasteiger partial charge in [0.2, 0.25) is 0 Å². The van der Waals surface area contributed by atoms with Crippen molar-refractivity contribution in [2.75, 3.05) is 18.8 Å². The van der Waals surface area contributed by atoms with Crippen LogP contribution in [0.2, 0.25) is 10.0 Å². The van der Waals surface area contributed by atoms with E-state index < -0.39 is 0 Å². The van der Waals surface area contributed by atoms with Crippen LogP contribution in [-0.4, -0.2) is 19.7 Å². The summed E-state index contributed by atoms with van der Waals surface area (Å²) in [6.07, 6.45) is 1.98. The Balaban J connectivity index is 2.06. The molecule has 0 aliphatic rings. The zero-order valence-electron chi connectivity index (χ0n) is 14.3. The van der Waals surface area contributed by atoms with Gasteiger partial charge in [0.25, 0.3) is 0 Å². The Hall–Kier alpha value is -1.75. The van der Waals surface area contributed by atoms with Crippen molar-refractivity contribution in [3.8, 4) is 0 Å². The second-order valence-electron chi connectivity index (χ2n) is 5.37. The van der Waals surface area contributed by atoms with Crippen LogP contribution in [-0.2, 0) is 20.8 Å². The summed E-state index contributed by atoms with van der Waals surface area (Å²) in [4.78, 5) is 16.8. The number of anilines is 2. The standard InChI is InChI=1S/C19H21Cl2NO3/c1-3-25-18(23)9-4-6-14-10-12-15(13-11-14)22(24-2)19-16(20)7-5-8-17(19)21/h5,7-8,10-13H,3-4,6,9H2,1-2H3. The molecule has 0 N–H and O–H groups in total. The number of carbonyl (C=O) groups excluding carboxylic acids is 1. The predicted molar refractivity (Wildman–Crippen MR) is 102 cm³/mol. The molecule has 0 unspecified atom stereocenters. The first-order valence-electron chi connectivity index (χ1n) is 8.09. The molecule has 0 radical (unpaired) electrons. The zero-order chi connectivity index (χ0) is 18.2. The van der Waals surface area contributed by atoms with Gasteiger partial charge in [-0.3, -0.25) is 9.63 Å². The highest BCUT2D eigenvalue weighted by atomic mass is 35.5. The molecule has 0 amide bonds. The van der Waals surface area contributed by atoms with E-state index in [4.69, 9.17) is 32.8 Å². The smallest absolute Gasteiger partial charge is 0.305 e. The van der Waals surface area contributed by atoms with Crippen molar-refractivity contribution in [2.45, 2.75) is 26.2 Å². The first-order chi connectivity index (χ1) is 12.1. The van der Waals surface area contributed by atoms with E-state index in [9.17, 15) is 4.79 Å². The number of rotatable bonds is 8. The van der Waals surface area contributed by atoms with Crippen molar-refractivity contribution in [3.05, 3.63) is 58.1 Å². The van der Waals surface area contributed by atoms with Crippen LogP contribution >= 0.6 is 23.2 Å². The quantitative estimate of drug-likeness (QED) is 0.441. The number of benzene rings is 2. The third-order valence-corrected chi connectivity index (χ3v) is 4.26. The second-order valence-corrected chi connectivity index (χ2v) is 6.19. The van der Waals surface area contributed by atoms with Gasteiger partial charge in [0.15, 0.2) is 0 Å². The van der Waals surface area contributed by atoms with E-state index in [1.807, 2.05) is 31.2 Å². The maximum absolute atomic E-state index is 11.4. The van der Waals surface area contributed by atoms with Crippen LogP contribution in [0.5, 0.6) is 0 Å². The van der Waals surface area contributed by atoms with E-state index in [1.165, 1.54) is 0 Å². The monoisotopic (exact) mass is 381 g/mol. The molecule has 0 bridgehead atoms. The molecule has 6 heteroatoms. The Morgan fingerprint density at radius 2 is 1.72 bits per heavy atom. The molecule has 0 aliphatic carbocycles. The Morgan fingerprint density at radius 3 is 2.28 bits per heavy atom. The molecule has 0 saturated heterocycles. The van der Waals surface area contributed by atoms with Crippen molar-refractivity contribution in [3.63, 3.8) is 0 Å². The van der Waals surface area contributed by atoms with Crippen LogP contribution in [0.4, 0.5) is 11.4 Å². The molecule has 2 aromatic rings. The Bertz CT molecular complexity index is 684. The molecular formula is C19H21Cl2NO3. The van der Waals surface area contributed by atoms with Gasteiger partial charge in [-0.05, 0) is 49.6 Å². The van der Waals surface area contributed by atoms with Crippen LogP contribution in [0.3, 0.4) is 0 Å². The highest BCUT2D eigenvalue weighted by Crippen LogP contribution is 2.37. The van der Waals surface area contributed by atoms with E-state index in [-0.39, 0.29) is 5.97 Å². The summed E-state index contributed by atoms with van der Waals surface area (Å²) in [7, 11) is 1.56. The maximum atomic E-state index is 11.4. The van der Waals surface area contributed by atoms with Gasteiger partial charge < -0.3 is 4.74 Å². The third-order valence-electron chi connectivity index (χ3n) is 3.65. The number of halogens is 2. The Morgan fingerprint density at radius 1 is 1.08 bits per heavy atom. The molecule has 0 saturated carbocycles. The molecule has 4 nitrogen and oxygen atoms in total. The van der Waals surface area contributed by atoms with Gasteiger partial charge in [-0.1, -0.05) is 41.4 Å². The summed E-state index contributed by atoms with van der Waals surface area (Å²) in [6, 6.07) is 13.2. The van der Waals surface area contributed by atoms with E-state index in [1.54, 1.807) is 30.4 Å². The van der Waals surface area contributed by atoms with E-state index >= 15 is 0 Å². The number of ether oxygens (including phenoxy) is 1. The first-order valence-corrected chi connectivity index (χ1v) is 8.85. The summed E-state index contributed by atoms with van der Waals surface area (Å²) >= 11 is 12.5. The van der Waals surface area contributed by atoms with Gasteiger partial charge in [-0.2, -0.15) is 0 Å². The highest BCUT2D eigenvalue weighted by Gasteiger charge is 2.16. The fourth-order valence-corrected chi connectivity index (χ4v) is 3.03. The number of hydrogen-bond acceptors (Lipinski definition) is 4. The summed E-state index contributed by atoms with van der Waals surface area (Å²) < 4.78 is 4.93. The molecule has 2 aromatic carbocycles. The van der Waals surface area contributed by atoms with Gasteiger partial charge in [0.05, 0.1) is 29.4 Å².